The summed E-state index contributed by atoms with van der Waals surface area (Å²) < 4.78 is 6.25. The zero-order chi connectivity index (χ0) is 27.7. The lowest BCUT2D eigenvalue weighted by Crippen LogP contribution is -2.16. The van der Waals surface area contributed by atoms with Crippen molar-refractivity contribution in [2.24, 2.45) is 0 Å². The van der Waals surface area contributed by atoms with Crippen molar-refractivity contribution in [3.8, 4) is 16.9 Å². The van der Waals surface area contributed by atoms with Crippen LogP contribution in [-0.4, -0.2) is 23.9 Å². The third kappa shape index (κ3) is 5.34. The van der Waals surface area contributed by atoms with Gasteiger partial charge in [0.1, 0.15) is 15.5 Å². The van der Waals surface area contributed by atoms with Gasteiger partial charge in [-0.1, -0.05) is 51.8 Å². The summed E-state index contributed by atoms with van der Waals surface area (Å²) in [6.45, 7) is 1.77. The van der Waals surface area contributed by atoms with Gasteiger partial charge in [0, 0.05) is 26.1 Å². The third-order valence-corrected chi connectivity index (χ3v) is 7.96. The van der Waals surface area contributed by atoms with Gasteiger partial charge in [-0.25, -0.2) is 4.98 Å². The van der Waals surface area contributed by atoms with Crippen LogP contribution in [0.25, 0.3) is 21.3 Å². The lowest BCUT2D eigenvalue weighted by molar-refractivity contribution is 0.102. The molecule has 4 N–H and O–H groups in total. The predicted octanol–water partition coefficient (Wildman–Crippen LogP) is 7.78. The molecule has 0 radical (unpaired) electrons. The standard InChI is InChI=1S/C29H22BrClN4O3S/c1-15-22(27(36)34-19-13-11-18(31)12-14-19)23(16-7-9-17(30)10-8-16)24-25(32)26(39-29(24)33-15)28(37)35-20-5-3-4-6-21(20)38-2/h3-14H,32H2,1-2H3,(H,34,36)(H,35,37). The Morgan fingerprint density at radius 3 is 2.36 bits per heavy atom. The zero-order valence-electron chi connectivity index (χ0n) is 20.8. The number of thiophene rings is 1. The minimum Gasteiger partial charge on any atom is -0.495 e. The predicted molar refractivity (Wildman–Crippen MR) is 162 cm³/mol. The highest BCUT2D eigenvalue weighted by Gasteiger charge is 2.27. The van der Waals surface area contributed by atoms with Crippen LogP contribution in [0, 0.1) is 6.92 Å². The maximum absolute atomic E-state index is 13.7. The van der Waals surface area contributed by atoms with E-state index in [1.165, 1.54) is 18.4 Å². The molecule has 2 heterocycles. The van der Waals surface area contributed by atoms with E-state index < -0.39 is 5.91 Å². The summed E-state index contributed by atoms with van der Waals surface area (Å²) in [6, 6.07) is 21.5. The number of nitrogens with zero attached hydrogens (tertiary/aromatic N) is 1. The van der Waals surface area contributed by atoms with Crippen LogP contribution < -0.4 is 21.1 Å². The summed E-state index contributed by atoms with van der Waals surface area (Å²) in [5.74, 6) is -0.226. The van der Waals surface area contributed by atoms with E-state index in [0.717, 1.165) is 10.0 Å². The van der Waals surface area contributed by atoms with E-state index in [9.17, 15) is 9.59 Å². The first-order valence-corrected chi connectivity index (χ1v) is 13.8. The summed E-state index contributed by atoms with van der Waals surface area (Å²) in [6.07, 6.45) is 0. The van der Waals surface area contributed by atoms with Gasteiger partial charge in [0.15, 0.2) is 0 Å². The van der Waals surface area contributed by atoms with E-state index in [4.69, 9.17) is 27.1 Å². The molecule has 5 rings (SSSR count). The number of methoxy groups -OCH3 is 1. The van der Waals surface area contributed by atoms with Crippen LogP contribution in [-0.2, 0) is 0 Å². The molecule has 0 atom stereocenters. The molecule has 0 aliphatic heterocycles. The topological polar surface area (TPSA) is 106 Å². The number of pyridine rings is 1. The number of aromatic nitrogens is 1. The average Bonchev–Trinajstić information content (AvgIpc) is 3.25. The molecule has 2 aromatic heterocycles. The molecule has 0 saturated carbocycles. The van der Waals surface area contributed by atoms with E-state index in [1.54, 1.807) is 49.4 Å². The number of para-hydroxylation sites is 2. The normalized spacial score (nSPS) is 10.9. The summed E-state index contributed by atoms with van der Waals surface area (Å²) in [7, 11) is 1.53. The van der Waals surface area contributed by atoms with E-state index in [-0.39, 0.29) is 16.5 Å². The number of hydrogen-bond acceptors (Lipinski definition) is 6. The number of rotatable bonds is 6. The van der Waals surface area contributed by atoms with Gasteiger partial charge < -0.3 is 21.1 Å². The van der Waals surface area contributed by atoms with Crippen LogP contribution in [0.4, 0.5) is 17.1 Å². The fourth-order valence-corrected chi connectivity index (χ4v) is 5.71. The van der Waals surface area contributed by atoms with Crippen molar-refractivity contribution in [1.29, 1.82) is 0 Å². The van der Waals surface area contributed by atoms with Crippen molar-refractivity contribution in [1.82, 2.24) is 4.98 Å². The number of nitrogens with one attached hydrogen (secondary N) is 2. The highest BCUT2D eigenvalue weighted by atomic mass is 79.9. The Balaban J connectivity index is 1.66. The number of carbonyl (C=O) groups excluding carboxylic acids is 2. The maximum atomic E-state index is 13.7. The second-order valence-electron chi connectivity index (χ2n) is 8.59. The summed E-state index contributed by atoms with van der Waals surface area (Å²) in [5.41, 5.74) is 10.2. The van der Waals surface area contributed by atoms with Crippen molar-refractivity contribution in [2.45, 2.75) is 6.92 Å². The van der Waals surface area contributed by atoms with E-state index in [1.807, 2.05) is 30.3 Å². The highest BCUT2D eigenvalue weighted by Crippen LogP contribution is 2.43. The number of aryl methyl sites for hydroxylation is 1. The van der Waals surface area contributed by atoms with Crippen molar-refractivity contribution >= 4 is 78.0 Å². The first kappa shape index (κ1) is 26.7. The van der Waals surface area contributed by atoms with Gasteiger partial charge in [0.25, 0.3) is 11.8 Å². The van der Waals surface area contributed by atoms with Gasteiger partial charge in [-0.3, -0.25) is 9.59 Å². The number of benzene rings is 3. The quantitative estimate of drug-likeness (QED) is 0.180. The minimum atomic E-state index is -0.397. The zero-order valence-corrected chi connectivity index (χ0v) is 24.0. The van der Waals surface area contributed by atoms with Gasteiger partial charge in [-0.15, -0.1) is 11.3 Å². The number of carbonyl (C=O) groups is 2. The maximum Gasteiger partial charge on any atom is 0.268 e. The van der Waals surface area contributed by atoms with Gasteiger partial charge in [-0.05, 0) is 61.0 Å². The van der Waals surface area contributed by atoms with Crippen molar-refractivity contribution in [3.05, 3.63) is 98.4 Å². The number of anilines is 3. The molecule has 0 spiro atoms. The summed E-state index contributed by atoms with van der Waals surface area (Å²) in [5, 5.41) is 6.91. The molecule has 39 heavy (non-hydrogen) atoms. The Kier molecular flexibility index (Phi) is 7.56. The number of halogens is 2. The molecular formula is C29H22BrClN4O3S. The molecule has 10 heteroatoms. The van der Waals surface area contributed by atoms with Crippen molar-refractivity contribution < 1.29 is 14.3 Å². The molecule has 7 nitrogen and oxygen atoms in total. The van der Waals surface area contributed by atoms with E-state index in [0.29, 0.717) is 49.2 Å². The Hall–Kier alpha value is -3.92. The third-order valence-electron chi connectivity index (χ3n) is 6.08. The first-order chi connectivity index (χ1) is 18.8. The fraction of sp³-hybridized carbons (Fsp3) is 0.0690. The monoisotopic (exact) mass is 620 g/mol. The van der Waals surface area contributed by atoms with Crippen molar-refractivity contribution in [2.75, 3.05) is 23.5 Å². The lowest BCUT2D eigenvalue weighted by atomic mass is 9.94. The van der Waals surface area contributed by atoms with Gasteiger partial charge in [0.2, 0.25) is 0 Å². The molecule has 0 aliphatic rings. The van der Waals surface area contributed by atoms with Crippen LogP contribution in [0.3, 0.4) is 0 Å². The molecule has 0 aliphatic carbocycles. The van der Waals surface area contributed by atoms with Crippen LogP contribution in [0.15, 0.2) is 77.3 Å². The summed E-state index contributed by atoms with van der Waals surface area (Å²) in [4.78, 5) is 32.6. The van der Waals surface area contributed by atoms with Gasteiger partial charge >= 0.3 is 0 Å². The van der Waals surface area contributed by atoms with E-state index >= 15 is 0 Å². The number of nitrogen functional groups attached to an aromatic ring is 1. The molecule has 3 aromatic carbocycles. The Morgan fingerprint density at radius 2 is 1.67 bits per heavy atom. The number of amides is 2. The number of ether oxygens (including phenoxy) is 1. The van der Waals surface area contributed by atoms with Gasteiger partial charge in [-0.2, -0.15) is 0 Å². The van der Waals surface area contributed by atoms with Crippen LogP contribution in [0.1, 0.15) is 25.7 Å². The molecule has 0 unspecified atom stereocenters. The molecule has 0 fully saturated rings. The molecule has 2 amide bonds. The molecule has 5 aromatic rings. The Labute approximate surface area is 242 Å². The van der Waals surface area contributed by atoms with Gasteiger partial charge in [0.05, 0.1) is 29.7 Å². The SMILES string of the molecule is COc1ccccc1NC(=O)c1sc2nc(C)c(C(=O)Nc3ccc(Cl)cc3)c(-c3ccc(Br)cc3)c2c1N. The van der Waals surface area contributed by atoms with Crippen LogP contribution in [0.2, 0.25) is 5.02 Å². The summed E-state index contributed by atoms with van der Waals surface area (Å²) >= 11 is 10.7. The molecule has 196 valence electrons. The highest BCUT2D eigenvalue weighted by molar-refractivity contribution is 9.10. The Bertz CT molecular complexity index is 1720. The number of hydrogen-bond donors (Lipinski definition) is 3. The lowest BCUT2D eigenvalue weighted by Gasteiger charge is -2.15. The first-order valence-electron chi connectivity index (χ1n) is 11.8. The molecule has 0 saturated heterocycles. The van der Waals surface area contributed by atoms with Crippen molar-refractivity contribution in [3.63, 3.8) is 0 Å². The van der Waals surface area contributed by atoms with E-state index in [2.05, 4.69) is 26.6 Å². The second-order valence-corrected chi connectivity index (χ2v) is 10.9. The largest absolute Gasteiger partial charge is 0.495 e. The minimum absolute atomic E-state index is 0.244. The molecular weight excluding hydrogens is 600 g/mol. The van der Waals surface area contributed by atoms with Crippen LogP contribution in [0.5, 0.6) is 5.75 Å². The smallest absolute Gasteiger partial charge is 0.268 e. The fourth-order valence-electron chi connectivity index (χ4n) is 4.27. The Morgan fingerprint density at radius 1 is 0.974 bits per heavy atom. The average molecular weight is 622 g/mol. The number of fused-ring (bicyclic) bond motifs is 1. The number of nitrogens with two attached hydrogens (primary N) is 1. The second kappa shape index (κ2) is 11.1. The molecule has 0 bridgehead atoms. The van der Waals surface area contributed by atoms with Crippen LogP contribution >= 0.6 is 38.9 Å².